The number of carboxylic acids is 1. The second kappa shape index (κ2) is 8.46. The van der Waals surface area contributed by atoms with Crippen LogP contribution in [0.25, 0.3) is 10.6 Å². The van der Waals surface area contributed by atoms with Gasteiger partial charge in [0.15, 0.2) is 6.04 Å². The lowest BCUT2D eigenvalue weighted by molar-refractivity contribution is -0.142. The molecule has 0 radical (unpaired) electrons. The number of rotatable bonds is 7. The lowest BCUT2D eigenvalue weighted by atomic mass is 10.1. The van der Waals surface area contributed by atoms with Gasteiger partial charge in [0.1, 0.15) is 10.8 Å². The molecule has 1 aromatic heterocycles. The van der Waals surface area contributed by atoms with Crippen molar-refractivity contribution < 1.29 is 19.4 Å². The fraction of sp³-hybridized carbons (Fsp3) is 0.150. The smallest absolute Gasteiger partial charge is 0.330 e. The summed E-state index contributed by atoms with van der Waals surface area (Å²) in [6, 6.07) is 15.0. The van der Waals surface area contributed by atoms with Gasteiger partial charge in [-0.2, -0.15) is 0 Å². The zero-order valence-electron chi connectivity index (χ0n) is 14.6. The number of methoxy groups -OCH3 is 1. The van der Waals surface area contributed by atoms with Crippen LogP contribution in [-0.2, 0) is 16.0 Å². The van der Waals surface area contributed by atoms with Gasteiger partial charge in [0.05, 0.1) is 19.2 Å². The van der Waals surface area contributed by atoms with E-state index >= 15 is 0 Å². The summed E-state index contributed by atoms with van der Waals surface area (Å²) in [5.74, 6) is -0.771. The Morgan fingerprint density at radius 3 is 2.67 bits per heavy atom. The van der Waals surface area contributed by atoms with Crippen molar-refractivity contribution in [1.29, 1.82) is 0 Å². The van der Waals surface area contributed by atoms with Gasteiger partial charge in [-0.25, -0.2) is 9.78 Å². The highest BCUT2D eigenvalue weighted by Gasteiger charge is 2.22. The maximum atomic E-state index is 12.3. The topological polar surface area (TPSA) is 88.5 Å². The summed E-state index contributed by atoms with van der Waals surface area (Å²) in [5.41, 5.74) is 2.01. The van der Waals surface area contributed by atoms with Crippen LogP contribution < -0.4 is 10.1 Å². The molecule has 0 aliphatic carbocycles. The van der Waals surface area contributed by atoms with Crippen LogP contribution in [0.4, 0.5) is 0 Å². The number of nitrogens with one attached hydrogen (secondary N) is 1. The summed E-state index contributed by atoms with van der Waals surface area (Å²) in [6.07, 6.45) is 0.0110. The Kier molecular flexibility index (Phi) is 5.83. The monoisotopic (exact) mass is 382 g/mol. The van der Waals surface area contributed by atoms with Gasteiger partial charge in [0.25, 0.3) is 0 Å². The number of carboxylic acid groups (broad SMARTS) is 1. The van der Waals surface area contributed by atoms with E-state index in [9.17, 15) is 14.7 Å². The van der Waals surface area contributed by atoms with Crippen molar-refractivity contribution in [2.45, 2.75) is 12.5 Å². The Hall–Kier alpha value is -3.19. The zero-order valence-corrected chi connectivity index (χ0v) is 15.4. The Morgan fingerprint density at radius 1 is 1.19 bits per heavy atom. The molecule has 27 heavy (non-hydrogen) atoms. The number of nitrogens with zero attached hydrogens (tertiary/aromatic N) is 1. The molecule has 1 amide bonds. The van der Waals surface area contributed by atoms with Gasteiger partial charge in [-0.05, 0) is 17.7 Å². The zero-order chi connectivity index (χ0) is 19.2. The first kappa shape index (κ1) is 18.6. The Labute approximate surface area is 160 Å². The predicted molar refractivity (Wildman–Crippen MR) is 103 cm³/mol. The number of hydrogen-bond acceptors (Lipinski definition) is 5. The SMILES string of the molecule is COc1cccc(-c2nc(CC(=O)NC(C(=O)O)c3ccccc3)cs2)c1. The highest BCUT2D eigenvalue weighted by Crippen LogP contribution is 2.27. The van der Waals surface area contributed by atoms with Crippen LogP contribution in [0, 0.1) is 0 Å². The molecule has 2 aromatic carbocycles. The normalized spacial score (nSPS) is 11.6. The molecule has 0 bridgehead atoms. The molecule has 3 rings (SSSR count). The van der Waals surface area contributed by atoms with E-state index in [1.807, 2.05) is 24.3 Å². The summed E-state index contributed by atoms with van der Waals surface area (Å²) < 4.78 is 5.21. The molecule has 138 valence electrons. The van der Waals surface area contributed by atoms with Gasteiger partial charge >= 0.3 is 5.97 Å². The number of hydrogen-bond donors (Lipinski definition) is 2. The van der Waals surface area contributed by atoms with Gasteiger partial charge in [0, 0.05) is 10.9 Å². The number of carbonyl (C=O) groups is 2. The Morgan fingerprint density at radius 2 is 1.96 bits per heavy atom. The van der Waals surface area contributed by atoms with Gasteiger partial charge in [-0.15, -0.1) is 11.3 Å². The van der Waals surface area contributed by atoms with Gasteiger partial charge in [-0.3, -0.25) is 4.79 Å². The largest absolute Gasteiger partial charge is 0.497 e. The second-order valence-corrected chi connectivity index (χ2v) is 6.66. The van der Waals surface area contributed by atoms with E-state index in [0.29, 0.717) is 11.3 Å². The third kappa shape index (κ3) is 4.71. The van der Waals surface area contributed by atoms with Crippen molar-refractivity contribution in [3.8, 4) is 16.3 Å². The van der Waals surface area contributed by atoms with E-state index in [4.69, 9.17) is 4.74 Å². The number of ether oxygens (including phenoxy) is 1. The second-order valence-electron chi connectivity index (χ2n) is 5.80. The van der Waals surface area contributed by atoms with Crippen molar-refractivity contribution in [2.24, 2.45) is 0 Å². The molecule has 1 unspecified atom stereocenters. The molecular formula is C20H18N2O4S. The molecule has 6 nitrogen and oxygen atoms in total. The number of thiazole rings is 1. The molecule has 1 heterocycles. The summed E-state index contributed by atoms with van der Waals surface area (Å²) in [5, 5.41) is 14.5. The number of benzene rings is 2. The summed E-state index contributed by atoms with van der Waals surface area (Å²) in [7, 11) is 1.60. The summed E-state index contributed by atoms with van der Waals surface area (Å²) in [4.78, 5) is 28.3. The molecule has 0 saturated heterocycles. The van der Waals surface area contributed by atoms with E-state index in [0.717, 1.165) is 16.3 Å². The third-order valence-corrected chi connectivity index (χ3v) is 4.84. The molecule has 0 aliphatic heterocycles. The quantitative estimate of drug-likeness (QED) is 0.654. The van der Waals surface area contributed by atoms with Crippen LogP contribution in [0.3, 0.4) is 0 Å². The van der Waals surface area contributed by atoms with Crippen molar-refractivity contribution in [2.75, 3.05) is 7.11 Å². The number of carbonyl (C=O) groups excluding carboxylic acids is 1. The molecule has 2 N–H and O–H groups in total. The summed E-state index contributed by atoms with van der Waals surface area (Å²) in [6.45, 7) is 0. The lowest BCUT2D eigenvalue weighted by Gasteiger charge is -2.14. The molecular weight excluding hydrogens is 364 g/mol. The number of amides is 1. The van der Waals surface area contributed by atoms with Crippen molar-refractivity contribution >= 4 is 23.2 Å². The molecule has 3 aromatic rings. The lowest BCUT2D eigenvalue weighted by Crippen LogP contribution is -2.34. The van der Waals surface area contributed by atoms with E-state index in [-0.39, 0.29) is 6.42 Å². The fourth-order valence-corrected chi connectivity index (χ4v) is 3.40. The van der Waals surface area contributed by atoms with Gasteiger partial charge in [-0.1, -0.05) is 42.5 Å². The first-order valence-electron chi connectivity index (χ1n) is 8.23. The van der Waals surface area contributed by atoms with Crippen LogP contribution in [0.5, 0.6) is 5.75 Å². The molecule has 0 saturated carbocycles. The Bertz CT molecular complexity index is 940. The maximum Gasteiger partial charge on any atom is 0.330 e. The standard InChI is InChI=1S/C20H18N2O4S/c1-26-16-9-5-8-14(10-16)19-21-15(12-27-19)11-17(23)22-18(20(24)25)13-6-3-2-4-7-13/h2-10,12,18H,11H2,1H3,(H,22,23)(H,24,25). The molecule has 0 fully saturated rings. The van der Waals surface area contributed by atoms with Crippen LogP contribution in [-0.4, -0.2) is 29.1 Å². The minimum atomic E-state index is -1.11. The minimum absolute atomic E-state index is 0.0110. The van der Waals surface area contributed by atoms with E-state index in [1.165, 1.54) is 11.3 Å². The first-order valence-corrected chi connectivity index (χ1v) is 9.10. The highest BCUT2D eigenvalue weighted by molar-refractivity contribution is 7.13. The average molecular weight is 382 g/mol. The summed E-state index contributed by atoms with van der Waals surface area (Å²) >= 11 is 1.42. The number of aromatic nitrogens is 1. The number of aliphatic carboxylic acids is 1. The molecule has 1 atom stereocenters. The minimum Gasteiger partial charge on any atom is -0.497 e. The fourth-order valence-electron chi connectivity index (χ4n) is 2.59. The van der Waals surface area contributed by atoms with E-state index < -0.39 is 17.9 Å². The van der Waals surface area contributed by atoms with Crippen LogP contribution in [0.2, 0.25) is 0 Å². The average Bonchev–Trinajstić information content (AvgIpc) is 3.15. The maximum absolute atomic E-state index is 12.3. The van der Waals surface area contributed by atoms with E-state index in [1.54, 1.807) is 42.8 Å². The van der Waals surface area contributed by atoms with Crippen molar-refractivity contribution in [3.63, 3.8) is 0 Å². The molecule has 7 heteroatoms. The molecule has 0 aliphatic rings. The van der Waals surface area contributed by atoms with Crippen molar-refractivity contribution in [3.05, 3.63) is 71.2 Å². The van der Waals surface area contributed by atoms with Crippen LogP contribution >= 0.6 is 11.3 Å². The third-order valence-electron chi connectivity index (χ3n) is 3.90. The van der Waals surface area contributed by atoms with Crippen LogP contribution in [0.15, 0.2) is 60.0 Å². The van der Waals surface area contributed by atoms with Crippen molar-refractivity contribution in [1.82, 2.24) is 10.3 Å². The van der Waals surface area contributed by atoms with Gasteiger partial charge < -0.3 is 15.2 Å². The first-order chi connectivity index (χ1) is 13.1. The van der Waals surface area contributed by atoms with E-state index in [2.05, 4.69) is 10.3 Å². The van der Waals surface area contributed by atoms with Gasteiger partial charge in [0.2, 0.25) is 5.91 Å². The Balaban J connectivity index is 1.69. The molecule has 0 spiro atoms. The predicted octanol–water partition coefficient (Wildman–Crippen LogP) is 3.30. The highest BCUT2D eigenvalue weighted by atomic mass is 32.1. The van der Waals surface area contributed by atoms with Crippen LogP contribution in [0.1, 0.15) is 17.3 Å².